The molecule has 0 aliphatic carbocycles. The van der Waals surface area contributed by atoms with Crippen molar-refractivity contribution in [3.63, 3.8) is 0 Å². The molecule has 1 rings (SSSR count). The molecule has 4 atom stereocenters. The maximum atomic E-state index is 9.45. The van der Waals surface area contributed by atoms with Gasteiger partial charge in [-0.25, -0.2) is 0 Å². The van der Waals surface area contributed by atoms with Crippen molar-refractivity contribution >= 4 is 0 Å². The molecule has 0 bridgehead atoms. The number of nitrogens with zero attached hydrogens (tertiary/aromatic N) is 1. The molecular formula is C13H21NO2. The molecule has 1 N–H and O–H groups in total. The van der Waals surface area contributed by atoms with Crippen LogP contribution >= 0.6 is 0 Å². The van der Waals surface area contributed by atoms with Gasteiger partial charge in [-0.05, 0) is 24.7 Å². The Morgan fingerprint density at radius 1 is 1.62 bits per heavy atom. The van der Waals surface area contributed by atoms with Crippen LogP contribution in [0, 0.1) is 23.2 Å². The lowest BCUT2D eigenvalue weighted by Gasteiger charge is -2.17. The van der Waals surface area contributed by atoms with Crippen molar-refractivity contribution in [1.82, 2.24) is 0 Å². The smallest absolute Gasteiger partial charge is 0.0788 e. The summed E-state index contributed by atoms with van der Waals surface area (Å²) in [5.41, 5.74) is 0. The fourth-order valence-corrected chi connectivity index (χ4v) is 2.09. The van der Waals surface area contributed by atoms with Crippen molar-refractivity contribution < 1.29 is 9.84 Å². The molecule has 1 aliphatic rings. The molecule has 16 heavy (non-hydrogen) atoms. The quantitative estimate of drug-likeness (QED) is 0.727. The summed E-state index contributed by atoms with van der Waals surface area (Å²) in [6, 6.07) is 2.18. The summed E-state index contributed by atoms with van der Waals surface area (Å²) < 4.78 is 5.66. The third-order valence-electron chi connectivity index (χ3n) is 3.24. The molecule has 0 aromatic carbocycles. The van der Waals surface area contributed by atoms with E-state index in [4.69, 9.17) is 10.00 Å². The third-order valence-corrected chi connectivity index (χ3v) is 3.24. The lowest BCUT2D eigenvalue weighted by molar-refractivity contribution is 0.123. The number of nitriles is 1. The van der Waals surface area contributed by atoms with E-state index in [1.807, 2.05) is 19.1 Å². The monoisotopic (exact) mass is 223 g/mol. The van der Waals surface area contributed by atoms with Gasteiger partial charge in [0.25, 0.3) is 0 Å². The summed E-state index contributed by atoms with van der Waals surface area (Å²) in [7, 11) is 0. The lowest BCUT2D eigenvalue weighted by Crippen LogP contribution is -2.17. The Balaban J connectivity index is 2.51. The Kier molecular flexibility index (Phi) is 5.51. The summed E-state index contributed by atoms with van der Waals surface area (Å²) in [6.07, 6.45) is 5.65. The molecule has 3 nitrogen and oxygen atoms in total. The molecular weight excluding hydrogens is 202 g/mol. The fraction of sp³-hybridized carbons (Fsp3) is 0.769. The lowest BCUT2D eigenvalue weighted by atomic mass is 9.88. The van der Waals surface area contributed by atoms with Gasteiger partial charge in [0, 0.05) is 6.42 Å². The molecule has 0 radical (unpaired) electrons. The first-order chi connectivity index (χ1) is 7.69. The van der Waals surface area contributed by atoms with Gasteiger partial charge in [0.05, 0.1) is 24.9 Å². The van der Waals surface area contributed by atoms with Crippen LogP contribution in [0.1, 0.15) is 33.1 Å². The van der Waals surface area contributed by atoms with E-state index in [1.165, 1.54) is 0 Å². The summed E-state index contributed by atoms with van der Waals surface area (Å²) in [5.74, 6) is 0.918. The first-order valence-electron chi connectivity index (χ1n) is 6.04. The molecule has 0 spiro atoms. The SMILES string of the molecule is CCC(O)/C=C/[C@H]1OC[C@H](C)[C@@H]1CCC#N. The van der Waals surface area contributed by atoms with Gasteiger partial charge in [0.2, 0.25) is 0 Å². The standard InChI is InChI=1S/C13H21NO2/c1-3-11(15)6-7-13-12(5-4-8-14)10(2)9-16-13/h6-7,10-13,15H,3-5,9H2,1-2H3/b7-6+/t10-,11?,12-,13+/m0/s1. The van der Waals surface area contributed by atoms with Crippen LogP contribution in [0.25, 0.3) is 0 Å². The fourth-order valence-electron chi connectivity index (χ4n) is 2.09. The van der Waals surface area contributed by atoms with E-state index < -0.39 is 0 Å². The number of hydrogen-bond acceptors (Lipinski definition) is 3. The van der Waals surface area contributed by atoms with Crippen LogP contribution in [0.15, 0.2) is 12.2 Å². The minimum Gasteiger partial charge on any atom is -0.389 e. The third kappa shape index (κ3) is 3.62. The van der Waals surface area contributed by atoms with Crippen molar-refractivity contribution in [3.05, 3.63) is 12.2 Å². The van der Waals surface area contributed by atoms with Crippen molar-refractivity contribution in [1.29, 1.82) is 5.26 Å². The molecule has 1 saturated heterocycles. The molecule has 1 unspecified atom stereocenters. The number of hydrogen-bond donors (Lipinski definition) is 1. The van der Waals surface area contributed by atoms with Crippen LogP contribution in [0.3, 0.4) is 0 Å². The van der Waals surface area contributed by atoms with Gasteiger partial charge in [-0.15, -0.1) is 0 Å². The van der Waals surface area contributed by atoms with Crippen molar-refractivity contribution in [2.75, 3.05) is 6.61 Å². The average molecular weight is 223 g/mol. The first-order valence-corrected chi connectivity index (χ1v) is 6.04. The van der Waals surface area contributed by atoms with E-state index in [2.05, 4.69) is 13.0 Å². The van der Waals surface area contributed by atoms with Gasteiger partial charge in [-0.2, -0.15) is 5.26 Å². The van der Waals surface area contributed by atoms with E-state index in [-0.39, 0.29) is 12.2 Å². The van der Waals surface area contributed by atoms with Gasteiger partial charge in [0.15, 0.2) is 0 Å². The maximum absolute atomic E-state index is 9.45. The highest BCUT2D eigenvalue weighted by molar-refractivity contribution is 5.00. The molecule has 1 aliphatic heterocycles. The van der Waals surface area contributed by atoms with Gasteiger partial charge >= 0.3 is 0 Å². The van der Waals surface area contributed by atoms with E-state index in [1.54, 1.807) is 0 Å². The van der Waals surface area contributed by atoms with E-state index in [0.29, 0.717) is 18.3 Å². The zero-order valence-electron chi connectivity index (χ0n) is 10.1. The predicted molar refractivity (Wildman–Crippen MR) is 62.7 cm³/mol. The molecule has 0 saturated carbocycles. The average Bonchev–Trinajstić information content (AvgIpc) is 2.64. The largest absolute Gasteiger partial charge is 0.389 e. The first kappa shape index (κ1) is 13.2. The molecule has 0 aromatic rings. The van der Waals surface area contributed by atoms with Crippen LogP contribution in [-0.2, 0) is 4.74 Å². The zero-order valence-corrected chi connectivity index (χ0v) is 10.1. The van der Waals surface area contributed by atoms with Crippen molar-refractivity contribution in [2.45, 2.75) is 45.3 Å². The second kappa shape index (κ2) is 6.67. The Bertz CT molecular complexity index is 270. The predicted octanol–water partition coefficient (Wildman–Crippen LogP) is 2.27. The Labute approximate surface area is 97.7 Å². The van der Waals surface area contributed by atoms with E-state index in [0.717, 1.165) is 19.4 Å². The van der Waals surface area contributed by atoms with Crippen LogP contribution in [0.2, 0.25) is 0 Å². The van der Waals surface area contributed by atoms with Crippen LogP contribution in [-0.4, -0.2) is 23.9 Å². The Hall–Kier alpha value is -0.850. The zero-order chi connectivity index (χ0) is 12.0. The second-order valence-corrected chi connectivity index (χ2v) is 4.50. The Morgan fingerprint density at radius 2 is 2.38 bits per heavy atom. The van der Waals surface area contributed by atoms with Crippen molar-refractivity contribution in [3.8, 4) is 6.07 Å². The summed E-state index contributed by atoms with van der Waals surface area (Å²) in [4.78, 5) is 0. The number of ether oxygens (including phenoxy) is 1. The van der Waals surface area contributed by atoms with Gasteiger partial charge in [-0.3, -0.25) is 0 Å². The van der Waals surface area contributed by atoms with Crippen LogP contribution < -0.4 is 0 Å². The topological polar surface area (TPSA) is 53.2 Å². The molecule has 1 fully saturated rings. The molecule has 3 heteroatoms. The van der Waals surface area contributed by atoms with E-state index >= 15 is 0 Å². The van der Waals surface area contributed by atoms with Crippen LogP contribution in [0.5, 0.6) is 0 Å². The Morgan fingerprint density at radius 3 is 3.00 bits per heavy atom. The van der Waals surface area contributed by atoms with Crippen molar-refractivity contribution in [2.24, 2.45) is 11.8 Å². The van der Waals surface area contributed by atoms with E-state index in [9.17, 15) is 5.11 Å². The van der Waals surface area contributed by atoms with Gasteiger partial charge in [0.1, 0.15) is 0 Å². The maximum Gasteiger partial charge on any atom is 0.0788 e. The highest BCUT2D eigenvalue weighted by atomic mass is 16.5. The van der Waals surface area contributed by atoms with Gasteiger partial charge < -0.3 is 9.84 Å². The van der Waals surface area contributed by atoms with Gasteiger partial charge in [-0.1, -0.05) is 26.0 Å². The summed E-state index contributed by atoms with van der Waals surface area (Å²) >= 11 is 0. The summed E-state index contributed by atoms with van der Waals surface area (Å²) in [5, 5.41) is 18.1. The summed E-state index contributed by atoms with van der Waals surface area (Å²) in [6.45, 7) is 4.86. The second-order valence-electron chi connectivity index (χ2n) is 4.50. The highest BCUT2D eigenvalue weighted by Gasteiger charge is 2.32. The highest BCUT2D eigenvalue weighted by Crippen LogP contribution is 2.31. The molecule has 1 heterocycles. The minimum absolute atomic E-state index is 0.0737. The normalized spacial score (nSPS) is 31.8. The van der Waals surface area contributed by atoms with Crippen LogP contribution in [0.4, 0.5) is 0 Å². The number of aliphatic hydroxyl groups excluding tert-OH is 1. The molecule has 0 aromatic heterocycles. The molecule has 0 amide bonds. The molecule has 90 valence electrons. The number of aliphatic hydroxyl groups is 1. The number of rotatable bonds is 5. The minimum atomic E-state index is -0.379.